The molecule has 0 bridgehead atoms. The molecule has 0 saturated carbocycles. The monoisotopic (exact) mass is 380 g/mol. The Morgan fingerprint density at radius 1 is 0.963 bits per heavy atom. The fourth-order valence-electron chi connectivity index (χ4n) is 2.59. The highest BCUT2D eigenvalue weighted by Gasteiger charge is 2.20. The predicted molar refractivity (Wildman–Crippen MR) is 105 cm³/mol. The second-order valence-electron chi connectivity index (χ2n) is 6.43. The lowest BCUT2D eigenvalue weighted by Crippen LogP contribution is -2.13. The van der Waals surface area contributed by atoms with Crippen molar-refractivity contribution >= 4 is 21.4 Å². The Balaban J connectivity index is 1.84. The average Bonchev–Trinajstić information content (AvgIpc) is 2.69. The number of benzene rings is 2. The van der Waals surface area contributed by atoms with Crippen LogP contribution in [0, 0.1) is 0 Å². The van der Waals surface area contributed by atoms with Crippen molar-refractivity contribution in [2.45, 2.75) is 29.7 Å². The molecule has 138 valence electrons. The Labute approximate surface area is 159 Å². The molecule has 0 aliphatic heterocycles. The van der Waals surface area contributed by atoms with Gasteiger partial charge in [-0.05, 0) is 53.9 Å². The van der Waals surface area contributed by atoms with Gasteiger partial charge in [-0.2, -0.15) is 0 Å². The zero-order valence-electron chi connectivity index (χ0n) is 15.1. The molecule has 1 heterocycles. The molecule has 0 saturated heterocycles. The number of nitrogens with zero attached hydrogens (tertiary/aromatic N) is 1. The smallest absolute Gasteiger partial charge is 0.255 e. The molecule has 0 fully saturated rings. The van der Waals surface area contributed by atoms with Gasteiger partial charge in [0.2, 0.25) is 9.84 Å². The lowest BCUT2D eigenvalue weighted by molar-refractivity contribution is 0.102. The molecule has 1 N–H and O–H groups in total. The molecule has 3 aromatic rings. The molecule has 6 heteroatoms. The second kappa shape index (κ2) is 7.72. The van der Waals surface area contributed by atoms with Crippen molar-refractivity contribution in [1.82, 2.24) is 4.98 Å². The molecule has 0 aliphatic rings. The Kier molecular flexibility index (Phi) is 5.37. The maximum Gasteiger partial charge on any atom is 0.255 e. The van der Waals surface area contributed by atoms with E-state index in [1.165, 1.54) is 30.0 Å². The minimum absolute atomic E-state index is 0.0315. The van der Waals surface area contributed by atoms with E-state index in [1.54, 1.807) is 24.3 Å². The van der Waals surface area contributed by atoms with Gasteiger partial charge in [-0.15, -0.1) is 0 Å². The first-order valence-corrected chi connectivity index (χ1v) is 10.0. The van der Waals surface area contributed by atoms with Gasteiger partial charge in [0.05, 0.1) is 4.90 Å². The minimum atomic E-state index is -3.77. The maximum atomic E-state index is 12.7. The van der Waals surface area contributed by atoms with Crippen molar-refractivity contribution in [3.05, 3.63) is 84.1 Å². The Morgan fingerprint density at radius 2 is 1.70 bits per heavy atom. The lowest BCUT2D eigenvalue weighted by Gasteiger charge is -2.09. The van der Waals surface area contributed by atoms with Gasteiger partial charge in [-0.1, -0.05) is 38.1 Å². The largest absolute Gasteiger partial charge is 0.322 e. The summed E-state index contributed by atoms with van der Waals surface area (Å²) in [6, 6.07) is 18.2. The molecular formula is C21H20N2O3S. The number of anilines is 1. The van der Waals surface area contributed by atoms with Gasteiger partial charge in [0.1, 0.15) is 0 Å². The molecular weight excluding hydrogens is 360 g/mol. The summed E-state index contributed by atoms with van der Waals surface area (Å²) in [5.74, 6) is 0.0357. The fraction of sp³-hybridized carbons (Fsp3) is 0.143. The highest BCUT2D eigenvalue weighted by Crippen LogP contribution is 2.21. The highest BCUT2D eigenvalue weighted by atomic mass is 32.2. The summed E-state index contributed by atoms with van der Waals surface area (Å²) in [6.07, 6.45) is 1.42. The minimum Gasteiger partial charge on any atom is -0.322 e. The van der Waals surface area contributed by atoms with Gasteiger partial charge >= 0.3 is 0 Å². The zero-order valence-corrected chi connectivity index (χ0v) is 15.9. The van der Waals surface area contributed by atoms with Crippen LogP contribution in [0.5, 0.6) is 0 Å². The standard InChI is InChI=1S/C21H20N2O3S/c1-15(2)16-9-11-18(12-10-16)23-21(24)17-6-5-7-19(14-17)27(25,26)20-8-3-4-13-22-20/h3-15H,1-2H3,(H,23,24). The van der Waals surface area contributed by atoms with E-state index in [9.17, 15) is 13.2 Å². The molecule has 5 nitrogen and oxygen atoms in total. The lowest BCUT2D eigenvalue weighted by atomic mass is 10.0. The van der Waals surface area contributed by atoms with E-state index in [0.717, 1.165) is 0 Å². The number of rotatable bonds is 5. The summed E-state index contributed by atoms with van der Waals surface area (Å²) in [5.41, 5.74) is 2.10. The van der Waals surface area contributed by atoms with E-state index in [2.05, 4.69) is 24.1 Å². The summed E-state index contributed by atoms with van der Waals surface area (Å²) in [7, 11) is -3.77. The molecule has 3 rings (SSSR count). The number of sulfone groups is 1. The third-order valence-corrected chi connectivity index (χ3v) is 5.82. The molecule has 0 atom stereocenters. The number of amides is 1. The van der Waals surface area contributed by atoms with Crippen molar-refractivity contribution in [2.75, 3.05) is 5.32 Å². The van der Waals surface area contributed by atoms with Gasteiger partial charge in [0.25, 0.3) is 5.91 Å². The van der Waals surface area contributed by atoms with Gasteiger partial charge in [-0.3, -0.25) is 4.79 Å². The first-order chi connectivity index (χ1) is 12.9. The summed E-state index contributed by atoms with van der Waals surface area (Å²) in [5, 5.41) is 2.74. The maximum absolute atomic E-state index is 12.7. The number of carbonyl (C=O) groups excluding carboxylic acids is 1. The molecule has 27 heavy (non-hydrogen) atoms. The molecule has 1 amide bonds. The van der Waals surface area contributed by atoms with E-state index in [4.69, 9.17) is 0 Å². The number of nitrogens with one attached hydrogen (secondary N) is 1. The molecule has 0 aliphatic carbocycles. The molecule has 0 unspecified atom stereocenters. The van der Waals surface area contributed by atoms with E-state index in [-0.39, 0.29) is 21.4 Å². The van der Waals surface area contributed by atoms with Crippen molar-refractivity contribution in [3.63, 3.8) is 0 Å². The molecule has 0 radical (unpaired) electrons. The third-order valence-electron chi connectivity index (χ3n) is 4.15. The number of aromatic nitrogens is 1. The molecule has 2 aromatic carbocycles. The van der Waals surface area contributed by atoms with Crippen LogP contribution in [0.4, 0.5) is 5.69 Å². The summed E-state index contributed by atoms with van der Waals surface area (Å²) >= 11 is 0. The van der Waals surface area contributed by atoms with Crippen molar-refractivity contribution in [3.8, 4) is 0 Å². The van der Waals surface area contributed by atoms with Crippen LogP contribution in [-0.2, 0) is 9.84 Å². The first-order valence-electron chi connectivity index (χ1n) is 8.55. The molecule has 0 spiro atoms. The van der Waals surface area contributed by atoms with Crippen LogP contribution in [-0.4, -0.2) is 19.3 Å². The van der Waals surface area contributed by atoms with Gasteiger partial charge < -0.3 is 5.32 Å². The summed E-state index contributed by atoms with van der Waals surface area (Å²) in [4.78, 5) is 16.5. The Hall–Kier alpha value is -2.99. The second-order valence-corrected chi connectivity index (χ2v) is 8.33. The van der Waals surface area contributed by atoms with Crippen LogP contribution in [0.3, 0.4) is 0 Å². The third kappa shape index (κ3) is 4.23. The fourth-order valence-corrected chi connectivity index (χ4v) is 3.82. The SMILES string of the molecule is CC(C)c1ccc(NC(=O)c2cccc(S(=O)(=O)c3ccccn3)c2)cc1. The summed E-state index contributed by atoms with van der Waals surface area (Å²) < 4.78 is 25.3. The van der Waals surface area contributed by atoms with Crippen molar-refractivity contribution < 1.29 is 13.2 Å². The number of carbonyl (C=O) groups is 1. The Bertz CT molecular complexity index is 1040. The average molecular weight is 380 g/mol. The number of hydrogen-bond donors (Lipinski definition) is 1. The van der Waals surface area contributed by atoms with Gasteiger partial charge in [-0.25, -0.2) is 13.4 Å². The van der Waals surface area contributed by atoms with Gasteiger partial charge in [0, 0.05) is 17.4 Å². The Morgan fingerprint density at radius 3 is 2.33 bits per heavy atom. The van der Waals surface area contributed by atoms with Gasteiger partial charge in [0.15, 0.2) is 5.03 Å². The van der Waals surface area contributed by atoms with E-state index in [1.807, 2.05) is 24.3 Å². The van der Waals surface area contributed by atoms with E-state index < -0.39 is 9.84 Å². The van der Waals surface area contributed by atoms with Crippen LogP contribution >= 0.6 is 0 Å². The van der Waals surface area contributed by atoms with Crippen LogP contribution in [0.15, 0.2) is 82.8 Å². The van der Waals surface area contributed by atoms with Crippen LogP contribution in [0.2, 0.25) is 0 Å². The summed E-state index contributed by atoms with van der Waals surface area (Å²) in [6.45, 7) is 4.20. The van der Waals surface area contributed by atoms with Crippen molar-refractivity contribution in [2.24, 2.45) is 0 Å². The van der Waals surface area contributed by atoms with Crippen LogP contribution in [0.1, 0.15) is 35.7 Å². The number of hydrogen-bond acceptors (Lipinski definition) is 4. The van der Waals surface area contributed by atoms with Crippen LogP contribution < -0.4 is 5.32 Å². The van der Waals surface area contributed by atoms with Crippen LogP contribution in [0.25, 0.3) is 0 Å². The predicted octanol–water partition coefficient (Wildman–Crippen LogP) is 4.29. The highest BCUT2D eigenvalue weighted by molar-refractivity contribution is 7.91. The first kappa shape index (κ1) is 18.8. The number of pyridine rings is 1. The quantitative estimate of drug-likeness (QED) is 0.716. The normalized spacial score (nSPS) is 11.4. The van der Waals surface area contributed by atoms with Crippen molar-refractivity contribution in [1.29, 1.82) is 0 Å². The topological polar surface area (TPSA) is 76.1 Å². The van der Waals surface area contributed by atoms with E-state index in [0.29, 0.717) is 11.6 Å². The zero-order chi connectivity index (χ0) is 19.4. The molecule has 1 aromatic heterocycles. The van der Waals surface area contributed by atoms with E-state index >= 15 is 0 Å².